The van der Waals surface area contributed by atoms with Crippen LogP contribution in [-0.2, 0) is 4.74 Å². The Morgan fingerprint density at radius 1 is 1.27 bits per heavy atom. The second-order valence-electron chi connectivity index (χ2n) is 5.11. The topological polar surface area (TPSA) is 24.5 Å². The molecule has 0 unspecified atom stereocenters. The lowest BCUT2D eigenvalue weighted by atomic mass is 10.2. The molecule has 15 heavy (non-hydrogen) atoms. The van der Waals surface area contributed by atoms with E-state index in [1.54, 1.807) is 0 Å². The van der Waals surface area contributed by atoms with Crippen molar-refractivity contribution in [2.45, 2.75) is 39.9 Å². The van der Waals surface area contributed by atoms with Crippen LogP contribution in [0.1, 0.15) is 27.7 Å². The van der Waals surface area contributed by atoms with Gasteiger partial charge in [0.1, 0.15) is 0 Å². The van der Waals surface area contributed by atoms with E-state index in [4.69, 9.17) is 4.74 Å². The molecule has 0 bridgehead atoms. The molecule has 90 valence electrons. The second kappa shape index (κ2) is 6.46. The highest BCUT2D eigenvalue weighted by molar-refractivity contribution is 4.73. The van der Waals surface area contributed by atoms with E-state index in [0.29, 0.717) is 12.2 Å². The number of nitrogens with one attached hydrogen (secondary N) is 1. The number of ether oxygens (including phenoxy) is 1. The van der Waals surface area contributed by atoms with Gasteiger partial charge in [-0.05, 0) is 26.3 Å². The van der Waals surface area contributed by atoms with Crippen LogP contribution in [-0.4, -0.2) is 49.8 Å². The first kappa shape index (κ1) is 12.9. The molecule has 0 amide bonds. The Hall–Kier alpha value is -0.120. The van der Waals surface area contributed by atoms with Crippen LogP contribution < -0.4 is 5.32 Å². The summed E-state index contributed by atoms with van der Waals surface area (Å²) < 4.78 is 5.70. The molecule has 1 N–H and O–H groups in total. The van der Waals surface area contributed by atoms with Gasteiger partial charge in [0.25, 0.3) is 0 Å². The highest BCUT2D eigenvalue weighted by Crippen LogP contribution is 2.09. The zero-order valence-corrected chi connectivity index (χ0v) is 10.6. The van der Waals surface area contributed by atoms with Gasteiger partial charge in [0.15, 0.2) is 0 Å². The van der Waals surface area contributed by atoms with E-state index >= 15 is 0 Å². The van der Waals surface area contributed by atoms with Crippen LogP contribution in [0.15, 0.2) is 0 Å². The first-order chi connectivity index (χ1) is 7.08. The third-order valence-corrected chi connectivity index (χ3v) is 2.65. The van der Waals surface area contributed by atoms with Gasteiger partial charge in [-0.25, -0.2) is 0 Å². The van der Waals surface area contributed by atoms with E-state index in [1.165, 1.54) is 0 Å². The molecule has 1 aliphatic rings. The molecular formula is C12H26N2O. The normalized spacial score (nSPS) is 28.6. The third-order valence-electron chi connectivity index (χ3n) is 2.65. The van der Waals surface area contributed by atoms with Crippen LogP contribution in [0, 0.1) is 5.92 Å². The van der Waals surface area contributed by atoms with Crippen molar-refractivity contribution < 1.29 is 4.74 Å². The fourth-order valence-corrected chi connectivity index (χ4v) is 2.09. The van der Waals surface area contributed by atoms with Crippen molar-refractivity contribution in [1.82, 2.24) is 10.2 Å². The van der Waals surface area contributed by atoms with E-state index < -0.39 is 0 Å². The zero-order valence-electron chi connectivity index (χ0n) is 10.6. The van der Waals surface area contributed by atoms with Crippen LogP contribution in [0.2, 0.25) is 0 Å². The van der Waals surface area contributed by atoms with Gasteiger partial charge < -0.3 is 10.1 Å². The van der Waals surface area contributed by atoms with Crippen molar-refractivity contribution in [1.29, 1.82) is 0 Å². The Balaban J connectivity index is 2.10. The van der Waals surface area contributed by atoms with Gasteiger partial charge in [-0.1, -0.05) is 13.8 Å². The summed E-state index contributed by atoms with van der Waals surface area (Å²) in [6, 6.07) is 0. The first-order valence-electron chi connectivity index (χ1n) is 6.16. The standard InChI is InChI=1S/C12H26N2O/c1-10(2)7-13-5-6-14-8-11(3)15-12(4)9-14/h10-13H,5-9H2,1-4H3/t11-,12+. The van der Waals surface area contributed by atoms with Crippen LogP contribution in [0.5, 0.6) is 0 Å². The first-order valence-corrected chi connectivity index (χ1v) is 6.16. The minimum atomic E-state index is 0.388. The highest BCUT2D eigenvalue weighted by atomic mass is 16.5. The summed E-state index contributed by atoms with van der Waals surface area (Å²) >= 11 is 0. The average Bonchev–Trinajstić information content (AvgIpc) is 2.10. The predicted molar refractivity (Wildman–Crippen MR) is 64.2 cm³/mol. The predicted octanol–water partition coefficient (Wildman–Crippen LogP) is 1.34. The Morgan fingerprint density at radius 2 is 1.87 bits per heavy atom. The fraction of sp³-hybridized carbons (Fsp3) is 1.00. The number of hydrogen-bond donors (Lipinski definition) is 1. The molecule has 0 aromatic heterocycles. The van der Waals surface area contributed by atoms with Crippen LogP contribution >= 0.6 is 0 Å². The van der Waals surface area contributed by atoms with E-state index in [1.807, 2.05) is 0 Å². The Labute approximate surface area is 94.2 Å². The number of nitrogens with zero attached hydrogens (tertiary/aromatic N) is 1. The van der Waals surface area contributed by atoms with Crippen LogP contribution in [0.25, 0.3) is 0 Å². The second-order valence-corrected chi connectivity index (χ2v) is 5.11. The lowest BCUT2D eigenvalue weighted by molar-refractivity contribution is -0.0674. The fourth-order valence-electron chi connectivity index (χ4n) is 2.09. The summed E-state index contributed by atoms with van der Waals surface area (Å²) in [4.78, 5) is 2.49. The molecule has 0 aromatic carbocycles. The molecule has 0 radical (unpaired) electrons. The van der Waals surface area contributed by atoms with Crippen LogP contribution in [0.3, 0.4) is 0 Å². The lowest BCUT2D eigenvalue weighted by Crippen LogP contribution is -2.47. The molecule has 0 saturated carbocycles. The molecule has 0 aliphatic carbocycles. The largest absolute Gasteiger partial charge is 0.373 e. The Morgan fingerprint density at radius 3 is 2.40 bits per heavy atom. The van der Waals surface area contributed by atoms with Gasteiger partial charge in [0.05, 0.1) is 12.2 Å². The number of morpholine rings is 1. The molecule has 3 heteroatoms. The van der Waals surface area contributed by atoms with Gasteiger partial charge in [-0.3, -0.25) is 4.90 Å². The summed E-state index contributed by atoms with van der Waals surface area (Å²) in [5, 5.41) is 3.48. The molecular weight excluding hydrogens is 188 g/mol. The number of rotatable bonds is 5. The van der Waals surface area contributed by atoms with E-state index in [0.717, 1.165) is 38.6 Å². The van der Waals surface area contributed by atoms with Crippen molar-refractivity contribution >= 4 is 0 Å². The minimum Gasteiger partial charge on any atom is -0.373 e. The molecule has 1 fully saturated rings. The Kier molecular flexibility index (Phi) is 5.58. The maximum atomic E-state index is 5.70. The Bertz CT molecular complexity index is 163. The maximum Gasteiger partial charge on any atom is 0.0678 e. The third kappa shape index (κ3) is 5.50. The van der Waals surface area contributed by atoms with Crippen molar-refractivity contribution in [3.05, 3.63) is 0 Å². The van der Waals surface area contributed by atoms with Crippen LogP contribution in [0.4, 0.5) is 0 Å². The molecule has 3 nitrogen and oxygen atoms in total. The quantitative estimate of drug-likeness (QED) is 0.699. The average molecular weight is 214 g/mol. The smallest absolute Gasteiger partial charge is 0.0678 e. The van der Waals surface area contributed by atoms with Gasteiger partial charge >= 0.3 is 0 Å². The summed E-state index contributed by atoms with van der Waals surface area (Å²) in [7, 11) is 0. The zero-order chi connectivity index (χ0) is 11.3. The number of hydrogen-bond acceptors (Lipinski definition) is 3. The minimum absolute atomic E-state index is 0.388. The van der Waals surface area contributed by atoms with Crippen molar-refractivity contribution in [3.8, 4) is 0 Å². The molecule has 0 aromatic rings. The highest BCUT2D eigenvalue weighted by Gasteiger charge is 2.21. The van der Waals surface area contributed by atoms with Gasteiger partial charge in [-0.15, -0.1) is 0 Å². The van der Waals surface area contributed by atoms with E-state index in [9.17, 15) is 0 Å². The summed E-state index contributed by atoms with van der Waals surface area (Å²) in [5.41, 5.74) is 0. The summed E-state index contributed by atoms with van der Waals surface area (Å²) in [6.07, 6.45) is 0.776. The summed E-state index contributed by atoms with van der Waals surface area (Å²) in [6.45, 7) is 14.3. The lowest BCUT2D eigenvalue weighted by Gasteiger charge is -2.35. The molecule has 1 rings (SSSR count). The molecule has 1 saturated heterocycles. The van der Waals surface area contributed by atoms with Gasteiger partial charge in [-0.2, -0.15) is 0 Å². The van der Waals surface area contributed by atoms with Crippen molar-refractivity contribution in [2.75, 3.05) is 32.7 Å². The van der Waals surface area contributed by atoms with Crippen molar-refractivity contribution in [3.63, 3.8) is 0 Å². The van der Waals surface area contributed by atoms with E-state index in [-0.39, 0.29) is 0 Å². The summed E-state index contributed by atoms with van der Waals surface area (Å²) in [5.74, 6) is 0.743. The molecule has 1 heterocycles. The molecule has 1 aliphatic heterocycles. The molecule has 2 atom stereocenters. The van der Waals surface area contributed by atoms with Crippen molar-refractivity contribution in [2.24, 2.45) is 5.92 Å². The van der Waals surface area contributed by atoms with Gasteiger partial charge in [0, 0.05) is 26.2 Å². The molecule has 0 spiro atoms. The SMILES string of the molecule is CC(C)CNCCN1C[C@@H](C)O[C@@H](C)C1. The van der Waals surface area contributed by atoms with Gasteiger partial charge in [0.2, 0.25) is 0 Å². The maximum absolute atomic E-state index is 5.70. The van der Waals surface area contributed by atoms with E-state index in [2.05, 4.69) is 37.9 Å². The monoisotopic (exact) mass is 214 g/mol.